The number of aliphatic hydroxyl groups is 1. The Balaban J connectivity index is 2.05. The van der Waals surface area contributed by atoms with Gasteiger partial charge >= 0.3 is 5.97 Å². The minimum Gasteiger partial charge on any atom is -0.490 e. The van der Waals surface area contributed by atoms with Crippen LogP contribution in [0.5, 0.6) is 5.75 Å². The van der Waals surface area contributed by atoms with Crippen molar-refractivity contribution in [2.24, 2.45) is 7.05 Å². The van der Waals surface area contributed by atoms with Crippen molar-refractivity contribution >= 4 is 28.9 Å². The number of pyridine rings is 1. The lowest BCUT2D eigenvalue weighted by atomic mass is 9.86. The topological polar surface area (TPSA) is 111 Å². The Kier molecular flexibility index (Phi) is 8.46. The van der Waals surface area contributed by atoms with E-state index in [1.165, 1.54) is 12.1 Å². The lowest BCUT2D eigenvalue weighted by Crippen LogP contribution is -2.28. The lowest BCUT2D eigenvalue weighted by molar-refractivity contribution is -0.160. The molecule has 0 saturated carbocycles. The van der Waals surface area contributed by atoms with Crippen molar-refractivity contribution in [1.29, 1.82) is 0 Å². The van der Waals surface area contributed by atoms with Gasteiger partial charge in [0.1, 0.15) is 5.65 Å². The summed E-state index contributed by atoms with van der Waals surface area (Å²) >= 11 is 0. The van der Waals surface area contributed by atoms with Crippen molar-refractivity contribution in [2.45, 2.75) is 72.0 Å². The van der Waals surface area contributed by atoms with Crippen molar-refractivity contribution in [3.05, 3.63) is 52.1 Å². The number of rotatable bonds is 9. The van der Waals surface area contributed by atoms with Crippen LogP contribution in [0.1, 0.15) is 74.2 Å². The van der Waals surface area contributed by atoms with Gasteiger partial charge in [0.25, 0.3) is 0 Å². The second-order valence-electron chi connectivity index (χ2n) is 11.2. The number of hydrogen-bond donors (Lipinski definition) is 2. The minimum absolute atomic E-state index is 0.0634. The summed E-state index contributed by atoms with van der Waals surface area (Å²) in [5.41, 5.74) is 3.91. The maximum atomic E-state index is 15.5. The lowest BCUT2D eigenvalue weighted by Gasteiger charge is -2.29. The van der Waals surface area contributed by atoms with E-state index in [0.717, 1.165) is 17.5 Å². The number of benzene rings is 1. The molecule has 2 N–H and O–H groups in total. The molecule has 4 rings (SSSR count). The number of aromatic nitrogens is 2. The van der Waals surface area contributed by atoms with Gasteiger partial charge in [-0.1, -0.05) is 0 Å². The predicted molar refractivity (Wildman–Crippen MR) is 151 cm³/mol. The van der Waals surface area contributed by atoms with Crippen LogP contribution in [0.15, 0.2) is 18.2 Å². The van der Waals surface area contributed by atoms with Crippen LogP contribution in [0.4, 0.5) is 4.39 Å². The molecule has 0 saturated heterocycles. The van der Waals surface area contributed by atoms with Gasteiger partial charge in [0.2, 0.25) is 0 Å². The Bertz CT molecular complexity index is 1500. The van der Waals surface area contributed by atoms with Gasteiger partial charge in [-0.2, -0.15) is 0 Å². The standard InChI is InChI=1S/C31H37FN2O6/c1-17-21-10-8-14-39-27(21)24(32)16-22(17)26-23-15-19(11-12-20(36)9-7-13-35)34(6)29(23)33-18(2)25(26)28(30(37)38)40-31(3,4)5/h11-12,15-16,28,35H,7-10,13-14H2,1-6H3,(H,37,38)/b12-11+/t28-/m0/s1. The normalized spacial score (nSPS) is 14.4. The first kappa shape index (κ1) is 29.4. The maximum absolute atomic E-state index is 15.5. The highest BCUT2D eigenvalue weighted by Gasteiger charge is 2.34. The molecule has 0 amide bonds. The maximum Gasteiger partial charge on any atom is 0.337 e. The van der Waals surface area contributed by atoms with E-state index in [1.54, 1.807) is 33.8 Å². The highest BCUT2D eigenvalue weighted by Crippen LogP contribution is 2.44. The molecule has 0 bridgehead atoms. The Morgan fingerprint density at radius 2 is 2.00 bits per heavy atom. The average molecular weight is 553 g/mol. The van der Waals surface area contributed by atoms with Crippen molar-refractivity contribution in [1.82, 2.24) is 9.55 Å². The van der Waals surface area contributed by atoms with E-state index in [1.807, 2.05) is 24.6 Å². The molecule has 3 heterocycles. The highest BCUT2D eigenvalue weighted by molar-refractivity contribution is 6.01. The molecule has 1 atom stereocenters. The highest BCUT2D eigenvalue weighted by atomic mass is 19.1. The average Bonchev–Trinajstić information content (AvgIpc) is 3.20. The van der Waals surface area contributed by atoms with Gasteiger partial charge in [-0.05, 0) is 89.3 Å². The van der Waals surface area contributed by atoms with E-state index in [-0.39, 0.29) is 24.6 Å². The molecule has 0 fully saturated rings. The van der Waals surface area contributed by atoms with Gasteiger partial charge in [-0.15, -0.1) is 0 Å². The number of fused-ring (bicyclic) bond motifs is 2. The molecule has 1 aromatic carbocycles. The number of hydrogen-bond acceptors (Lipinski definition) is 6. The molecule has 1 aliphatic heterocycles. The summed E-state index contributed by atoms with van der Waals surface area (Å²) < 4.78 is 29.0. The summed E-state index contributed by atoms with van der Waals surface area (Å²) in [6.07, 6.45) is 3.78. The van der Waals surface area contributed by atoms with Crippen molar-refractivity contribution in [3.8, 4) is 16.9 Å². The number of carbonyl (C=O) groups is 2. The summed E-state index contributed by atoms with van der Waals surface area (Å²) in [6, 6.07) is 3.24. The summed E-state index contributed by atoms with van der Waals surface area (Å²) in [4.78, 5) is 29.7. The zero-order valence-corrected chi connectivity index (χ0v) is 23.9. The quantitative estimate of drug-likeness (QED) is 0.332. The van der Waals surface area contributed by atoms with Crippen molar-refractivity contribution < 1.29 is 33.7 Å². The summed E-state index contributed by atoms with van der Waals surface area (Å²) in [5, 5.41) is 20.0. The third-order valence-corrected chi connectivity index (χ3v) is 7.12. The molecule has 8 nitrogen and oxygen atoms in total. The molecule has 0 aliphatic carbocycles. The molecule has 0 spiro atoms. The number of aryl methyl sites for hydroxylation is 2. The number of carboxylic acids is 1. The zero-order valence-electron chi connectivity index (χ0n) is 23.9. The van der Waals surface area contributed by atoms with Crippen LogP contribution >= 0.6 is 0 Å². The molecule has 9 heteroatoms. The van der Waals surface area contributed by atoms with Crippen LogP contribution < -0.4 is 4.74 Å². The number of carboxylic acid groups (broad SMARTS) is 1. The molecule has 40 heavy (non-hydrogen) atoms. The van der Waals surface area contributed by atoms with E-state index in [4.69, 9.17) is 19.6 Å². The summed E-state index contributed by atoms with van der Waals surface area (Å²) in [5.74, 6) is -1.56. The number of aliphatic hydroxyl groups excluding tert-OH is 1. The largest absolute Gasteiger partial charge is 0.490 e. The first-order valence-electron chi connectivity index (χ1n) is 13.5. The fourth-order valence-corrected chi connectivity index (χ4v) is 5.27. The first-order valence-corrected chi connectivity index (χ1v) is 13.5. The second kappa shape index (κ2) is 11.5. The van der Waals surface area contributed by atoms with Gasteiger partial charge in [-0.25, -0.2) is 14.2 Å². The molecule has 0 unspecified atom stereocenters. The van der Waals surface area contributed by atoms with Gasteiger partial charge in [0.15, 0.2) is 23.5 Å². The monoisotopic (exact) mass is 552 g/mol. The third-order valence-electron chi connectivity index (χ3n) is 7.12. The number of nitrogens with zero attached hydrogens (tertiary/aromatic N) is 2. The molecule has 214 valence electrons. The molecular formula is C31H37FN2O6. The molecule has 2 aromatic heterocycles. The first-order chi connectivity index (χ1) is 18.8. The van der Waals surface area contributed by atoms with Gasteiger partial charge in [-0.3, -0.25) is 4.79 Å². The van der Waals surface area contributed by atoms with Crippen LogP contribution in [0.3, 0.4) is 0 Å². The molecule has 0 radical (unpaired) electrons. The zero-order chi connectivity index (χ0) is 29.4. The number of halogens is 1. The summed E-state index contributed by atoms with van der Waals surface area (Å²) in [6.45, 7) is 9.36. The third kappa shape index (κ3) is 5.81. The smallest absolute Gasteiger partial charge is 0.337 e. The number of aliphatic carboxylic acids is 1. The number of ketones is 1. The van der Waals surface area contributed by atoms with E-state index < -0.39 is 23.5 Å². The Labute approximate surface area is 233 Å². The van der Waals surface area contributed by atoms with Crippen LogP contribution in [-0.2, 0) is 27.8 Å². The molecular weight excluding hydrogens is 515 g/mol. The van der Waals surface area contributed by atoms with Crippen molar-refractivity contribution in [3.63, 3.8) is 0 Å². The number of ether oxygens (including phenoxy) is 2. The second-order valence-corrected chi connectivity index (χ2v) is 11.2. The Morgan fingerprint density at radius 3 is 2.65 bits per heavy atom. The van der Waals surface area contributed by atoms with Gasteiger partial charge in [0, 0.05) is 53.5 Å². The van der Waals surface area contributed by atoms with Gasteiger partial charge in [0.05, 0.1) is 12.2 Å². The van der Waals surface area contributed by atoms with E-state index in [9.17, 15) is 14.7 Å². The van der Waals surface area contributed by atoms with E-state index in [2.05, 4.69) is 0 Å². The fraction of sp³-hybridized carbons (Fsp3) is 0.452. The predicted octanol–water partition coefficient (Wildman–Crippen LogP) is 5.62. The Hall–Kier alpha value is -3.56. The van der Waals surface area contributed by atoms with Crippen LogP contribution in [0.2, 0.25) is 0 Å². The fourth-order valence-electron chi connectivity index (χ4n) is 5.27. The van der Waals surface area contributed by atoms with Crippen LogP contribution in [0, 0.1) is 19.7 Å². The number of carbonyl (C=O) groups excluding carboxylic acids is 1. The summed E-state index contributed by atoms with van der Waals surface area (Å²) in [7, 11) is 1.81. The molecule has 1 aliphatic rings. The Morgan fingerprint density at radius 1 is 1.27 bits per heavy atom. The van der Waals surface area contributed by atoms with Crippen LogP contribution in [0.25, 0.3) is 28.2 Å². The SMILES string of the molecule is Cc1nc2c(cc(/C=C/C(=O)CCCO)n2C)c(-c2cc(F)c3c(c2C)CCCO3)c1[C@H](OC(C)(C)C)C(=O)O. The van der Waals surface area contributed by atoms with Crippen molar-refractivity contribution in [2.75, 3.05) is 13.2 Å². The number of allylic oxidation sites excluding steroid dienone is 1. The van der Waals surface area contributed by atoms with Gasteiger partial charge < -0.3 is 24.3 Å². The molecule has 3 aromatic rings. The van der Waals surface area contributed by atoms with E-state index in [0.29, 0.717) is 58.6 Å². The van der Waals surface area contributed by atoms with E-state index >= 15 is 4.39 Å². The van der Waals surface area contributed by atoms with Crippen LogP contribution in [-0.4, -0.2) is 50.3 Å². The minimum atomic E-state index is -1.36.